The fourth-order valence-electron chi connectivity index (χ4n) is 2.26. The Morgan fingerprint density at radius 1 is 1.40 bits per heavy atom. The van der Waals surface area contributed by atoms with Crippen molar-refractivity contribution in [2.75, 3.05) is 11.9 Å². The Morgan fingerprint density at radius 3 is 2.88 bits per heavy atom. The number of amides is 2. The van der Waals surface area contributed by atoms with E-state index < -0.39 is 0 Å². The zero-order valence-corrected chi connectivity index (χ0v) is 15.6. The molecule has 3 rings (SSSR count). The summed E-state index contributed by atoms with van der Waals surface area (Å²) in [7, 11) is 0. The van der Waals surface area contributed by atoms with Gasteiger partial charge in [-0.05, 0) is 48.2 Å². The zero-order chi connectivity index (χ0) is 18.0. The van der Waals surface area contributed by atoms with E-state index in [2.05, 4.69) is 5.32 Å². The predicted octanol–water partition coefficient (Wildman–Crippen LogP) is 3.60. The maximum atomic E-state index is 12.5. The van der Waals surface area contributed by atoms with Gasteiger partial charge in [-0.3, -0.25) is 14.5 Å². The van der Waals surface area contributed by atoms with Crippen LogP contribution >= 0.6 is 35.3 Å². The summed E-state index contributed by atoms with van der Waals surface area (Å²) in [6, 6.07) is 8.48. The number of nitrogens with one attached hydrogen (secondary N) is 1. The number of carbonyl (C=O) groups excluding carboxylic acids is 2. The van der Waals surface area contributed by atoms with Crippen LogP contribution in [-0.2, 0) is 9.59 Å². The lowest BCUT2D eigenvalue weighted by molar-refractivity contribution is -0.126. The molecule has 5 nitrogen and oxygen atoms in total. The van der Waals surface area contributed by atoms with Gasteiger partial charge in [-0.15, -0.1) is 11.3 Å². The summed E-state index contributed by atoms with van der Waals surface area (Å²) in [6.07, 6.45) is 1.78. The van der Waals surface area contributed by atoms with Gasteiger partial charge in [0.2, 0.25) is 5.91 Å². The number of hydrogen-bond acceptors (Lipinski definition) is 6. The van der Waals surface area contributed by atoms with Crippen LogP contribution < -0.4 is 5.32 Å². The summed E-state index contributed by atoms with van der Waals surface area (Å²) >= 11 is 7.96. The number of phenolic OH excluding ortho intramolecular Hbond substituents is 1. The molecule has 0 radical (unpaired) electrons. The van der Waals surface area contributed by atoms with E-state index in [1.807, 2.05) is 17.5 Å². The fraction of sp³-hybridized carbons (Fsp3) is 0.118. The molecule has 8 heteroatoms. The van der Waals surface area contributed by atoms with Crippen LogP contribution in [0.15, 0.2) is 40.6 Å². The van der Waals surface area contributed by atoms with Gasteiger partial charge in [0.1, 0.15) is 16.6 Å². The second-order valence-corrected chi connectivity index (χ2v) is 7.99. The molecule has 0 bridgehead atoms. The van der Waals surface area contributed by atoms with Crippen LogP contribution in [0.1, 0.15) is 10.4 Å². The first kappa shape index (κ1) is 17.7. The molecule has 1 aliphatic rings. The van der Waals surface area contributed by atoms with Crippen molar-refractivity contribution >= 4 is 63.2 Å². The molecule has 1 aliphatic heterocycles. The molecule has 2 amide bonds. The van der Waals surface area contributed by atoms with E-state index in [9.17, 15) is 14.7 Å². The molecule has 0 atom stereocenters. The molecule has 0 unspecified atom stereocenters. The van der Waals surface area contributed by atoms with Gasteiger partial charge < -0.3 is 10.4 Å². The first-order chi connectivity index (χ1) is 11.9. The lowest BCUT2D eigenvalue weighted by atomic mass is 10.2. The number of aryl methyl sites for hydroxylation is 1. The number of rotatable bonds is 4. The van der Waals surface area contributed by atoms with Crippen LogP contribution in [0.25, 0.3) is 6.08 Å². The summed E-state index contributed by atoms with van der Waals surface area (Å²) in [5, 5.41) is 14.1. The second-order valence-electron chi connectivity index (χ2n) is 5.33. The molecule has 1 aromatic carbocycles. The van der Waals surface area contributed by atoms with Crippen LogP contribution in [-0.4, -0.2) is 32.7 Å². The van der Waals surface area contributed by atoms with Crippen molar-refractivity contribution in [1.82, 2.24) is 4.90 Å². The Morgan fingerprint density at radius 2 is 2.20 bits per heavy atom. The third kappa shape index (κ3) is 4.09. The first-order valence-electron chi connectivity index (χ1n) is 7.32. The third-order valence-electron chi connectivity index (χ3n) is 3.48. The van der Waals surface area contributed by atoms with Crippen LogP contribution in [0.3, 0.4) is 0 Å². The Labute approximate surface area is 158 Å². The molecule has 2 aromatic rings. The number of nitrogens with zero attached hydrogens (tertiary/aromatic N) is 1. The third-order valence-corrected chi connectivity index (χ3v) is 5.67. The number of thiophene rings is 1. The van der Waals surface area contributed by atoms with Gasteiger partial charge in [0.25, 0.3) is 5.91 Å². The van der Waals surface area contributed by atoms with E-state index in [-0.39, 0.29) is 24.1 Å². The van der Waals surface area contributed by atoms with Crippen molar-refractivity contribution in [2.45, 2.75) is 6.92 Å². The monoisotopic (exact) mass is 390 g/mol. The van der Waals surface area contributed by atoms with E-state index in [0.29, 0.717) is 14.9 Å². The van der Waals surface area contributed by atoms with Gasteiger partial charge >= 0.3 is 0 Å². The average Bonchev–Trinajstić information content (AvgIpc) is 3.15. The van der Waals surface area contributed by atoms with Gasteiger partial charge in [-0.25, -0.2) is 0 Å². The van der Waals surface area contributed by atoms with E-state index in [4.69, 9.17) is 12.2 Å². The van der Waals surface area contributed by atoms with E-state index in [0.717, 1.165) is 10.4 Å². The normalized spacial score (nSPS) is 15.9. The van der Waals surface area contributed by atoms with Crippen LogP contribution in [0.5, 0.6) is 5.75 Å². The topological polar surface area (TPSA) is 69.6 Å². The van der Waals surface area contributed by atoms with E-state index in [1.165, 1.54) is 34.1 Å². The number of phenols is 1. The van der Waals surface area contributed by atoms with Crippen LogP contribution in [0.2, 0.25) is 0 Å². The maximum Gasteiger partial charge on any atom is 0.266 e. The number of thioether (sulfide) groups is 1. The predicted molar refractivity (Wildman–Crippen MR) is 106 cm³/mol. The molecule has 128 valence electrons. The molecular formula is C17H14N2O3S3. The number of anilines is 1. The Hall–Kier alpha value is -2.16. The lowest BCUT2D eigenvalue weighted by Gasteiger charge is -2.15. The molecule has 2 N–H and O–H groups in total. The smallest absolute Gasteiger partial charge is 0.266 e. The molecule has 0 spiro atoms. The largest absolute Gasteiger partial charge is 0.508 e. The molecule has 1 fully saturated rings. The minimum Gasteiger partial charge on any atom is -0.508 e. The standard InChI is InChI=1S/C17H14N2O3S3/c1-10-7-11(20)4-5-13(10)18-15(21)9-19-16(22)14(25-17(19)23)8-12-3-2-6-24-12/h2-8,20H,9H2,1H3,(H,18,21)/b14-8-. The van der Waals surface area contributed by atoms with Crippen molar-refractivity contribution in [1.29, 1.82) is 0 Å². The van der Waals surface area contributed by atoms with Gasteiger partial charge in [0.05, 0.1) is 4.91 Å². The van der Waals surface area contributed by atoms with Crippen molar-refractivity contribution < 1.29 is 14.7 Å². The number of aromatic hydroxyl groups is 1. The molecule has 1 saturated heterocycles. The Balaban J connectivity index is 1.69. The summed E-state index contributed by atoms with van der Waals surface area (Å²) in [5.41, 5.74) is 1.32. The Kier molecular flexibility index (Phi) is 5.22. The summed E-state index contributed by atoms with van der Waals surface area (Å²) < 4.78 is 0.366. The van der Waals surface area contributed by atoms with E-state index >= 15 is 0 Å². The molecule has 1 aromatic heterocycles. The van der Waals surface area contributed by atoms with Crippen molar-refractivity contribution in [3.05, 3.63) is 51.1 Å². The maximum absolute atomic E-state index is 12.5. The molecular weight excluding hydrogens is 376 g/mol. The first-order valence-corrected chi connectivity index (χ1v) is 9.43. The highest BCUT2D eigenvalue weighted by Crippen LogP contribution is 2.33. The van der Waals surface area contributed by atoms with Crippen LogP contribution in [0, 0.1) is 6.92 Å². The highest BCUT2D eigenvalue weighted by atomic mass is 32.2. The zero-order valence-electron chi connectivity index (χ0n) is 13.2. The fourth-order valence-corrected chi connectivity index (χ4v) is 4.24. The highest BCUT2D eigenvalue weighted by Gasteiger charge is 2.33. The number of carbonyl (C=O) groups is 2. The minimum atomic E-state index is -0.345. The number of hydrogen-bond donors (Lipinski definition) is 2. The van der Waals surface area contributed by atoms with Gasteiger partial charge in [-0.2, -0.15) is 0 Å². The van der Waals surface area contributed by atoms with Crippen molar-refractivity contribution in [3.63, 3.8) is 0 Å². The number of thiocarbonyl (C=S) groups is 1. The SMILES string of the molecule is Cc1cc(O)ccc1NC(=O)CN1C(=O)/C(=C/c2cccs2)SC1=S. The second kappa shape index (κ2) is 7.38. The van der Waals surface area contributed by atoms with Gasteiger partial charge in [0.15, 0.2) is 0 Å². The highest BCUT2D eigenvalue weighted by molar-refractivity contribution is 8.26. The van der Waals surface area contributed by atoms with E-state index in [1.54, 1.807) is 25.1 Å². The van der Waals surface area contributed by atoms with Crippen LogP contribution in [0.4, 0.5) is 5.69 Å². The molecule has 0 aliphatic carbocycles. The minimum absolute atomic E-state index is 0.131. The lowest BCUT2D eigenvalue weighted by Crippen LogP contribution is -2.36. The Bertz CT molecular complexity index is 875. The molecule has 25 heavy (non-hydrogen) atoms. The number of benzene rings is 1. The van der Waals surface area contributed by atoms with Crippen molar-refractivity contribution in [3.8, 4) is 5.75 Å². The summed E-state index contributed by atoms with van der Waals surface area (Å²) in [6.45, 7) is 1.63. The molecule has 2 heterocycles. The molecule has 0 saturated carbocycles. The average molecular weight is 391 g/mol. The summed E-state index contributed by atoms with van der Waals surface area (Å²) in [4.78, 5) is 27.5. The van der Waals surface area contributed by atoms with Gasteiger partial charge in [-0.1, -0.05) is 30.0 Å². The quantitative estimate of drug-likeness (QED) is 0.474. The van der Waals surface area contributed by atoms with Gasteiger partial charge in [0, 0.05) is 10.6 Å². The summed E-state index contributed by atoms with van der Waals surface area (Å²) in [5.74, 6) is -0.477. The van der Waals surface area contributed by atoms with Crippen molar-refractivity contribution in [2.24, 2.45) is 0 Å².